The van der Waals surface area contributed by atoms with E-state index in [1.165, 1.54) is 24.3 Å². The zero-order valence-electron chi connectivity index (χ0n) is 14.0. The minimum Gasteiger partial charge on any atom is -0.379 e. The van der Waals surface area contributed by atoms with Crippen molar-refractivity contribution in [3.05, 3.63) is 53.6 Å². The molecule has 0 aliphatic carbocycles. The highest BCUT2D eigenvalue weighted by molar-refractivity contribution is 7.90. The fraction of sp³-hybridized carbons (Fsp3) is 0.294. The molecule has 0 atom stereocenters. The molecule has 0 aliphatic heterocycles. The molecule has 0 heterocycles. The summed E-state index contributed by atoms with van der Waals surface area (Å²) in [7, 11) is -7.41. The van der Waals surface area contributed by atoms with Crippen LogP contribution < -0.4 is 4.18 Å². The fourth-order valence-electron chi connectivity index (χ4n) is 2.19. The summed E-state index contributed by atoms with van der Waals surface area (Å²) in [5.41, 5.74) is 1.88. The first-order valence-electron chi connectivity index (χ1n) is 7.35. The maximum atomic E-state index is 12.4. The second kappa shape index (κ2) is 6.57. The second-order valence-corrected chi connectivity index (χ2v) is 9.58. The Morgan fingerprint density at radius 2 is 1.42 bits per heavy atom. The Balaban J connectivity index is 2.35. The summed E-state index contributed by atoms with van der Waals surface area (Å²) in [6.07, 6.45) is 1.06. The smallest absolute Gasteiger partial charge is 0.339 e. The molecule has 0 saturated heterocycles. The molecule has 2 aromatic carbocycles. The number of hydrogen-bond acceptors (Lipinski definition) is 5. The average molecular weight is 368 g/mol. The summed E-state index contributed by atoms with van der Waals surface area (Å²) in [4.78, 5) is -0.0402. The normalized spacial score (nSPS) is 12.4. The summed E-state index contributed by atoms with van der Waals surface area (Å²) in [5, 5.41) is 0. The highest BCUT2D eigenvalue weighted by atomic mass is 32.2. The van der Waals surface area contributed by atoms with E-state index in [1.54, 1.807) is 12.1 Å². The lowest BCUT2D eigenvalue weighted by Gasteiger charge is -2.12. The molecule has 0 fully saturated rings. The van der Waals surface area contributed by atoms with Crippen molar-refractivity contribution in [3.8, 4) is 5.75 Å². The predicted molar refractivity (Wildman–Crippen MR) is 92.6 cm³/mol. The number of benzene rings is 2. The van der Waals surface area contributed by atoms with Crippen molar-refractivity contribution in [1.82, 2.24) is 0 Å². The maximum Gasteiger partial charge on any atom is 0.339 e. The topological polar surface area (TPSA) is 77.5 Å². The number of sulfone groups is 1. The van der Waals surface area contributed by atoms with Gasteiger partial charge in [-0.3, -0.25) is 0 Å². The quantitative estimate of drug-likeness (QED) is 0.757. The van der Waals surface area contributed by atoms with Crippen molar-refractivity contribution >= 4 is 20.0 Å². The molecule has 2 aromatic rings. The Bertz CT molecular complexity index is 941. The first kappa shape index (κ1) is 18.5. The van der Waals surface area contributed by atoms with Crippen molar-refractivity contribution in [1.29, 1.82) is 0 Å². The van der Waals surface area contributed by atoms with Gasteiger partial charge >= 0.3 is 10.1 Å². The van der Waals surface area contributed by atoms with Gasteiger partial charge in [0.2, 0.25) is 0 Å². The van der Waals surface area contributed by atoms with E-state index in [4.69, 9.17) is 4.18 Å². The van der Waals surface area contributed by atoms with Crippen molar-refractivity contribution in [3.63, 3.8) is 0 Å². The van der Waals surface area contributed by atoms with E-state index >= 15 is 0 Å². The van der Waals surface area contributed by atoms with Gasteiger partial charge in [0.05, 0.1) is 4.90 Å². The molecule has 2 rings (SSSR count). The van der Waals surface area contributed by atoms with Gasteiger partial charge in [0.15, 0.2) is 9.84 Å². The standard InChI is InChI=1S/C17H20O5S2/c1-12(2)14-9-13(3)10-15(11-14)22-24(20,21)17-7-5-16(6-8-17)23(4,18)19/h5-12H,1-4H3. The first-order valence-corrected chi connectivity index (χ1v) is 10.7. The molecule has 0 aromatic heterocycles. The van der Waals surface area contributed by atoms with Crippen LogP contribution in [0, 0.1) is 6.92 Å². The van der Waals surface area contributed by atoms with Gasteiger partial charge in [-0.2, -0.15) is 8.42 Å². The summed E-state index contributed by atoms with van der Waals surface area (Å²) >= 11 is 0. The van der Waals surface area contributed by atoms with Gasteiger partial charge < -0.3 is 4.18 Å². The Morgan fingerprint density at radius 1 is 0.875 bits per heavy atom. The lowest BCUT2D eigenvalue weighted by Crippen LogP contribution is -2.10. The molecule has 0 amide bonds. The molecule has 0 N–H and O–H groups in total. The molecule has 7 heteroatoms. The molecule has 0 aliphatic rings. The zero-order valence-corrected chi connectivity index (χ0v) is 15.6. The third-order valence-corrected chi connectivity index (χ3v) is 5.88. The van der Waals surface area contributed by atoms with E-state index in [0.717, 1.165) is 17.4 Å². The van der Waals surface area contributed by atoms with Gasteiger partial charge in [0.1, 0.15) is 10.6 Å². The second-order valence-electron chi connectivity index (χ2n) is 6.02. The van der Waals surface area contributed by atoms with E-state index in [9.17, 15) is 16.8 Å². The molecule has 0 unspecified atom stereocenters. The summed E-state index contributed by atoms with van der Waals surface area (Å²) in [5.74, 6) is 0.481. The summed E-state index contributed by atoms with van der Waals surface area (Å²) in [6.45, 7) is 5.89. The molecular formula is C17H20O5S2. The van der Waals surface area contributed by atoms with Gasteiger partial charge in [0.25, 0.3) is 0 Å². The molecule has 130 valence electrons. The highest BCUT2D eigenvalue weighted by Crippen LogP contribution is 2.26. The molecular weight excluding hydrogens is 348 g/mol. The number of rotatable bonds is 5. The van der Waals surface area contributed by atoms with Crippen LogP contribution in [-0.2, 0) is 20.0 Å². The van der Waals surface area contributed by atoms with Crippen LogP contribution in [0.1, 0.15) is 30.9 Å². The summed E-state index contributed by atoms with van der Waals surface area (Å²) < 4.78 is 52.9. The third kappa shape index (κ3) is 4.36. The van der Waals surface area contributed by atoms with Crippen LogP contribution in [0.3, 0.4) is 0 Å². The Labute approximate surface area is 143 Å². The van der Waals surface area contributed by atoms with E-state index in [1.807, 2.05) is 26.8 Å². The maximum absolute atomic E-state index is 12.4. The summed E-state index contributed by atoms with van der Waals surface area (Å²) in [6, 6.07) is 10.3. The van der Waals surface area contributed by atoms with E-state index in [0.29, 0.717) is 0 Å². The monoisotopic (exact) mass is 368 g/mol. The van der Waals surface area contributed by atoms with Crippen molar-refractivity contribution in [2.75, 3.05) is 6.26 Å². The zero-order chi connectivity index (χ0) is 18.1. The molecule has 24 heavy (non-hydrogen) atoms. The van der Waals surface area contributed by atoms with Crippen LogP contribution in [0.25, 0.3) is 0 Å². The Kier molecular flexibility index (Phi) is 5.05. The van der Waals surface area contributed by atoms with Crippen molar-refractivity contribution in [2.24, 2.45) is 0 Å². The minimum atomic E-state index is -4.03. The van der Waals surface area contributed by atoms with Crippen molar-refractivity contribution in [2.45, 2.75) is 36.5 Å². The van der Waals surface area contributed by atoms with Crippen LogP contribution in [0.5, 0.6) is 5.75 Å². The Hall–Kier alpha value is -1.86. The lowest BCUT2D eigenvalue weighted by molar-refractivity contribution is 0.485. The van der Waals surface area contributed by atoms with Crippen LogP contribution in [0.2, 0.25) is 0 Å². The fourth-order valence-corrected chi connectivity index (χ4v) is 3.73. The number of aryl methyl sites for hydroxylation is 1. The molecule has 0 saturated carbocycles. The SMILES string of the molecule is Cc1cc(OS(=O)(=O)c2ccc(S(C)(=O)=O)cc2)cc(C(C)C)c1. The number of hydrogen-bond donors (Lipinski definition) is 0. The molecule has 0 radical (unpaired) electrons. The van der Waals surface area contributed by atoms with E-state index < -0.39 is 20.0 Å². The van der Waals surface area contributed by atoms with Crippen molar-refractivity contribution < 1.29 is 21.0 Å². The molecule has 0 spiro atoms. The van der Waals surface area contributed by atoms with Crippen LogP contribution in [0.15, 0.2) is 52.3 Å². The van der Waals surface area contributed by atoms with Gasteiger partial charge in [0, 0.05) is 6.26 Å². The average Bonchev–Trinajstić information content (AvgIpc) is 2.45. The van der Waals surface area contributed by atoms with E-state index in [-0.39, 0.29) is 21.5 Å². The van der Waals surface area contributed by atoms with E-state index in [2.05, 4.69) is 0 Å². The molecule has 0 bridgehead atoms. The van der Waals surface area contributed by atoms with Crippen LogP contribution in [0.4, 0.5) is 0 Å². The largest absolute Gasteiger partial charge is 0.379 e. The van der Waals surface area contributed by atoms with Gasteiger partial charge in [-0.05, 0) is 60.4 Å². The Morgan fingerprint density at radius 3 is 1.92 bits per heavy atom. The predicted octanol–water partition coefficient (Wildman–Crippen LogP) is 3.29. The minimum absolute atomic E-state index is 0.0547. The van der Waals surface area contributed by atoms with Crippen LogP contribution in [-0.4, -0.2) is 23.1 Å². The van der Waals surface area contributed by atoms with Gasteiger partial charge in [-0.1, -0.05) is 19.9 Å². The molecule has 5 nitrogen and oxygen atoms in total. The van der Waals surface area contributed by atoms with Gasteiger partial charge in [-0.15, -0.1) is 0 Å². The highest BCUT2D eigenvalue weighted by Gasteiger charge is 2.18. The lowest BCUT2D eigenvalue weighted by atomic mass is 10.0. The van der Waals surface area contributed by atoms with Crippen LogP contribution >= 0.6 is 0 Å². The third-order valence-electron chi connectivity index (χ3n) is 3.49. The van der Waals surface area contributed by atoms with Gasteiger partial charge in [-0.25, -0.2) is 8.42 Å². The first-order chi connectivity index (χ1) is 11.0.